The van der Waals surface area contributed by atoms with Gasteiger partial charge >= 0.3 is 0 Å². The molecule has 0 aliphatic carbocycles. The largest absolute Gasteiger partial charge is 0.275 e. The van der Waals surface area contributed by atoms with Crippen molar-refractivity contribution in [3.05, 3.63) is 88.1 Å². The summed E-state index contributed by atoms with van der Waals surface area (Å²) in [6, 6.07) is 15.0. The maximum absolute atomic E-state index is 13.5. The summed E-state index contributed by atoms with van der Waals surface area (Å²) in [6.45, 7) is 0.785. The number of sulfone groups is 1. The summed E-state index contributed by atoms with van der Waals surface area (Å²) in [7, 11) is -3.65. The van der Waals surface area contributed by atoms with Crippen LogP contribution in [0.5, 0.6) is 0 Å². The molecule has 0 spiro atoms. The monoisotopic (exact) mass is 436 g/mol. The van der Waals surface area contributed by atoms with Gasteiger partial charge in [0.25, 0.3) is 5.56 Å². The zero-order valence-corrected chi connectivity index (χ0v) is 17.3. The van der Waals surface area contributed by atoms with Crippen molar-refractivity contribution in [3.63, 3.8) is 0 Å². The van der Waals surface area contributed by atoms with Gasteiger partial charge in [-0.05, 0) is 34.9 Å². The van der Waals surface area contributed by atoms with Crippen LogP contribution in [0.25, 0.3) is 22.5 Å². The Bertz CT molecular complexity index is 1490. The van der Waals surface area contributed by atoms with Crippen LogP contribution in [-0.2, 0) is 22.9 Å². The molecule has 0 N–H and O–H groups in total. The predicted octanol–water partition coefficient (Wildman–Crippen LogP) is 2.73. The summed E-state index contributed by atoms with van der Waals surface area (Å²) < 4.78 is 41.0. The van der Waals surface area contributed by atoms with Crippen LogP contribution in [0.15, 0.2) is 70.7 Å². The second-order valence-electron chi connectivity index (χ2n) is 7.42. The number of hydrogen-bond acceptors (Lipinski definition) is 5. The fourth-order valence-electron chi connectivity index (χ4n) is 3.89. The first kappa shape index (κ1) is 19.4. The van der Waals surface area contributed by atoms with Crippen LogP contribution in [0, 0.1) is 5.82 Å². The van der Waals surface area contributed by atoms with E-state index in [4.69, 9.17) is 0 Å². The number of halogens is 1. The summed E-state index contributed by atoms with van der Waals surface area (Å²) >= 11 is 0. The smallest absolute Gasteiger partial charge is 0.275 e. The number of hydrogen-bond donors (Lipinski definition) is 0. The molecule has 3 heterocycles. The molecule has 1 aliphatic heterocycles. The highest BCUT2D eigenvalue weighted by atomic mass is 32.2. The minimum absolute atomic E-state index is 0.254. The third-order valence-corrected chi connectivity index (χ3v) is 6.19. The van der Waals surface area contributed by atoms with Gasteiger partial charge < -0.3 is 0 Å². The van der Waals surface area contributed by atoms with Gasteiger partial charge in [0.05, 0.1) is 30.0 Å². The van der Waals surface area contributed by atoms with Crippen LogP contribution < -0.4 is 5.56 Å². The molecule has 2 aromatic carbocycles. The molecule has 156 valence electrons. The molecule has 2 aromatic heterocycles. The average molecular weight is 436 g/mol. The Morgan fingerprint density at radius 1 is 0.935 bits per heavy atom. The van der Waals surface area contributed by atoms with Gasteiger partial charge in [0, 0.05) is 12.5 Å². The summed E-state index contributed by atoms with van der Waals surface area (Å²) in [5, 5.41) is -0.320. The van der Waals surface area contributed by atoms with Gasteiger partial charge in [-0.15, -0.1) is 0 Å². The van der Waals surface area contributed by atoms with E-state index >= 15 is 0 Å². The summed E-state index contributed by atoms with van der Waals surface area (Å²) in [5.41, 5.74) is 3.48. The van der Waals surface area contributed by atoms with Crippen molar-refractivity contribution in [3.8, 4) is 22.5 Å². The fourth-order valence-corrected chi connectivity index (χ4v) is 4.40. The van der Waals surface area contributed by atoms with Crippen molar-refractivity contribution in [2.75, 3.05) is 6.26 Å². The quantitative estimate of drug-likeness (QED) is 0.406. The van der Waals surface area contributed by atoms with E-state index in [0.717, 1.165) is 17.4 Å². The van der Waals surface area contributed by atoms with E-state index in [2.05, 4.69) is 9.97 Å². The van der Waals surface area contributed by atoms with Crippen LogP contribution >= 0.6 is 0 Å². The molecule has 0 saturated heterocycles. The molecule has 1 aliphatic rings. The first-order valence-electron chi connectivity index (χ1n) is 9.53. The van der Waals surface area contributed by atoms with Crippen LogP contribution in [0.4, 0.5) is 4.39 Å². The second kappa shape index (κ2) is 6.98. The molecule has 4 aromatic rings. The van der Waals surface area contributed by atoms with Crippen molar-refractivity contribution in [1.82, 2.24) is 19.3 Å². The first-order chi connectivity index (χ1) is 14.8. The zero-order valence-electron chi connectivity index (χ0n) is 16.5. The van der Waals surface area contributed by atoms with Crippen molar-refractivity contribution < 1.29 is 12.8 Å². The van der Waals surface area contributed by atoms with E-state index in [9.17, 15) is 17.6 Å². The molecule has 0 unspecified atom stereocenters. The van der Waals surface area contributed by atoms with Gasteiger partial charge in [-0.1, -0.05) is 36.4 Å². The van der Waals surface area contributed by atoms with Crippen LogP contribution in [0.1, 0.15) is 11.1 Å². The molecule has 7 nitrogen and oxygen atoms in total. The lowest BCUT2D eigenvalue weighted by molar-refractivity contribution is 0.476. The van der Waals surface area contributed by atoms with E-state index in [1.54, 1.807) is 15.4 Å². The Morgan fingerprint density at radius 3 is 2.23 bits per heavy atom. The first-order valence-corrected chi connectivity index (χ1v) is 11.4. The highest BCUT2D eigenvalue weighted by Gasteiger charge is 2.28. The van der Waals surface area contributed by atoms with Crippen molar-refractivity contribution in [2.45, 2.75) is 18.2 Å². The minimum atomic E-state index is -3.65. The maximum atomic E-state index is 13.5. The lowest BCUT2D eigenvalue weighted by Crippen LogP contribution is -2.29. The lowest BCUT2D eigenvalue weighted by Gasteiger charge is -2.22. The normalized spacial score (nSPS) is 13.0. The van der Waals surface area contributed by atoms with E-state index in [-0.39, 0.29) is 10.7 Å². The van der Waals surface area contributed by atoms with E-state index in [0.29, 0.717) is 35.6 Å². The highest BCUT2D eigenvalue weighted by molar-refractivity contribution is 7.90. The van der Waals surface area contributed by atoms with Gasteiger partial charge in [-0.2, -0.15) is 0 Å². The SMILES string of the molecule is CS(=O)(=O)c1nccc(-c2c(-c3ccc(F)cc3)c(=O)n3n2Cc2ccccc2C3)n1. The van der Waals surface area contributed by atoms with Gasteiger partial charge in [0.2, 0.25) is 15.0 Å². The average Bonchev–Trinajstić information content (AvgIpc) is 3.04. The summed E-state index contributed by atoms with van der Waals surface area (Å²) in [6.07, 6.45) is 2.39. The maximum Gasteiger partial charge on any atom is 0.275 e. The molecule has 5 rings (SSSR count). The van der Waals surface area contributed by atoms with Gasteiger partial charge in [-0.25, -0.2) is 27.5 Å². The fraction of sp³-hybridized carbons (Fsp3) is 0.136. The topological polar surface area (TPSA) is 86.9 Å². The van der Waals surface area contributed by atoms with Crippen LogP contribution in [0.2, 0.25) is 0 Å². The molecule has 9 heteroatoms. The summed E-state index contributed by atoms with van der Waals surface area (Å²) in [4.78, 5) is 21.6. The number of benzene rings is 2. The molecule has 0 amide bonds. The van der Waals surface area contributed by atoms with Crippen molar-refractivity contribution in [1.29, 1.82) is 0 Å². The molecular formula is C22H17FN4O3S. The van der Waals surface area contributed by atoms with Crippen molar-refractivity contribution in [2.24, 2.45) is 0 Å². The molecule has 0 saturated carbocycles. The number of rotatable bonds is 3. The Balaban J connectivity index is 1.81. The predicted molar refractivity (Wildman–Crippen MR) is 113 cm³/mol. The molecule has 0 atom stereocenters. The van der Waals surface area contributed by atoms with Crippen LogP contribution in [0.3, 0.4) is 0 Å². The Labute approximate surface area is 177 Å². The Hall–Kier alpha value is -3.59. The van der Waals surface area contributed by atoms with Crippen molar-refractivity contribution >= 4 is 9.84 Å². The Kier molecular flexibility index (Phi) is 4.37. The third kappa shape index (κ3) is 3.27. The minimum Gasteiger partial charge on any atom is -0.275 e. The lowest BCUT2D eigenvalue weighted by atomic mass is 10.0. The number of fused-ring (bicyclic) bond motifs is 2. The standard InChI is InChI=1S/C22H17FN4O3S/c1-31(29,30)22-24-11-10-18(25-22)20-19(14-6-8-17(23)9-7-14)21(28)27-13-16-5-3-2-4-15(16)12-26(20)27/h2-11H,12-13H2,1H3. The van der Waals surface area contributed by atoms with E-state index in [1.807, 2.05) is 24.3 Å². The molecule has 31 heavy (non-hydrogen) atoms. The number of aromatic nitrogens is 4. The molecular weight excluding hydrogens is 419 g/mol. The highest BCUT2D eigenvalue weighted by Crippen LogP contribution is 2.32. The third-order valence-electron chi connectivity index (χ3n) is 5.33. The van der Waals surface area contributed by atoms with Gasteiger partial charge in [0.1, 0.15) is 5.82 Å². The van der Waals surface area contributed by atoms with Gasteiger partial charge in [-0.3, -0.25) is 9.48 Å². The second-order valence-corrected chi connectivity index (χ2v) is 9.33. The molecule has 0 radical (unpaired) electrons. The molecule has 0 fully saturated rings. The van der Waals surface area contributed by atoms with E-state index < -0.39 is 15.7 Å². The molecule has 0 bridgehead atoms. The van der Waals surface area contributed by atoms with Crippen LogP contribution in [-0.4, -0.2) is 34.0 Å². The van der Waals surface area contributed by atoms with Gasteiger partial charge in [0.15, 0.2) is 0 Å². The zero-order chi connectivity index (χ0) is 21.8. The Morgan fingerprint density at radius 2 is 1.58 bits per heavy atom. The van der Waals surface area contributed by atoms with E-state index in [1.165, 1.54) is 30.5 Å². The summed E-state index contributed by atoms with van der Waals surface area (Å²) in [5.74, 6) is -0.414. The number of nitrogens with zero attached hydrogens (tertiary/aromatic N) is 4.